The number of halogens is 2. The highest BCUT2D eigenvalue weighted by molar-refractivity contribution is 6.58. The Morgan fingerprint density at radius 1 is 0.936 bits per heavy atom. The summed E-state index contributed by atoms with van der Waals surface area (Å²) in [5.74, 6) is -6.50. The molecule has 4 amide bonds. The molecule has 2 aliphatic heterocycles. The van der Waals surface area contributed by atoms with Crippen molar-refractivity contribution in [2.24, 2.45) is 29.1 Å². The number of methoxy groups -OCH3 is 1. The minimum atomic E-state index is -1.81. The van der Waals surface area contributed by atoms with E-state index in [1.165, 1.54) is 49.6 Å². The molecule has 6 unspecified atom stereocenters. The third-order valence-corrected chi connectivity index (χ3v) is 10.7. The zero-order valence-corrected chi connectivity index (χ0v) is 26.0. The number of fused-ring (bicyclic) bond motifs is 4. The van der Waals surface area contributed by atoms with Gasteiger partial charge in [0.05, 0.1) is 46.7 Å². The van der Waals surface area contributed by atoms with E-state index in [1.54, 1.807) is 19.1 Å². The van der Waals surface area contributed by atoms with E-state index in [-0.39, 0.29) is 46.2 Å². The molecule has 3 N–H and O–H groups in total. The first-order valence-electron chi connectivity index (χ1n) is 15.1. The Morgan fingerprint density at radius 2 is 1.68 bits per heavy atom. The standard InChI is InChI=1S/C34H29BClFN2O8/c1-34-24(31(42)39(33(34)44)18-6-11-26(37)25(36)13-18)15-23-20(29(34)21-8-7-19(40)14-27(21)47-2)9-10-22-28(23)32(43)38(30(22)41)17-5-3-4-16(12-17)35(45)46/h3-9,11-14,22-24,28-29,40,45-46H,10,15H2,1-2H3. The number of phenols is 1. The van der Waals surface area contributed by atoms with Crippen LogP contribution in [0.1, 0.15) is 31.2 Å². The van der Waals surface area contributed by atoms with Gasteiger partial charge in [-0.25, -0.2) is 9.29 Å². The van der Waals surface area contributed by atoms with Crippen molar-refractivity contribution in [3.8, 4) is 11.5 Å². The molecule has 3 aromatic rings. The summed E-state index contributed by atoms with van der Waals surface area (Å²) < 4.78 is 19.8. The predicted molar refractivity (Wildman–Crippen MR) is 169 cm³/mol. The first kappa shape index (κ1) is 31.1. The van der Waals surface area contributed by atoms with Crippen molar-refractivity contribution in [1.82, 2.24) is 0 Å². The molecule has 2 heterocycles. The number of rotatable bonds is 5. The Labute approximate surface area is 274 Å². The van der Waals surface area contributed by atoms with E-state index < -0.39 is 71.6 Å². The largest absolute Gasteiger partial charge is 0.508 e. The third kappa shape index (κ3) is 4.46. The monoisotopic (exact) mass is 658 g/mol. The highest BCUT2D eigenvalue weighted by atomic mass is 35.5. The number of anilines is 2. The van der Waals surface area contributed by atoms with Gasteiger partial charge in [0.25, 0.3) is 0 Å². The van der Waals surface area contributed by atoms with Crippen LogP contribution in [0.25, 0.3) is 0 Å². The molecule has 2 aliphatic carbocycles. The van der Waals surface area contributed by atoms with Crippen LogP contribution < -0.4 is 20.0 Å². The van der Waals surface area contributed by atoms with Gasteiger partial charge in [0.15, 0.2) is 0 Å². The summed E-state index contributed by atoms with van der Waals surface area (Å²) in [7, 11) is -0.382. The fraction of sp³-hybridized carbons (Fsp3) is 0.294. The van der Waals surface area contributed by atoms with Gasteiger partial charge in [-0.1, -0.05) is 41.4 Å². The second kappa shape index (κ2) is 11.0. The highest BCUT2D eigenvalue weighted by Gasteiger charge is 2.68. The second-order valence-electron chi connectivity index (χ2n) is 12.7. The van der Waals surface area contributed by atoms with Gasteiger partial charge in [-0.2, -0.15) is 0 Å². The summed E-state index contributed by atoms with van der Waals surface area (Å²) in [5.41, 5.74) is 0.250. The predicted octanol–water partition coefficient (Wildman–Crippen LogP) is 3.31. The van der Waals surface area contributed by atoms with Crippen LogP contribution in [-0.4, -0.2) is 53.0 Å². The minimum Gasteiger partial charge on any atom is -0.508 e. The summed E-state index contributed by atoms with van der Waals surface area (Å²) in [4.78, 5) is 59.0. The quantitative estimate of drug-likeness (QED) is 0.215. The Bertz CT molecular complexity index is 1920. The SMILES string of the molecule is COc1cc(O)ccc1C1C2=CCC3C(=O)N(c4cccc(B(O)O)c4)C(=O)C3C2CC2C(=O)N(c3ccc(F)c(Cl)c3)C(=O)C21C. The topological polar surface area (TPSA) is 145 Å². The summed E-state index contributed by atoms with van der Waals surface area (Å²) in [6, 6.07) is 14.0. The van der Waals surface area contributed by atoms with Crippen LogP contribution in [0.15, 0.2) is 72.3 Å². The van der Waals surface area contributed by atoms with Crippen molar-refractivity contribution in [2.45, 2.75) is 25.7 Å². The van der Waals surface area contributed by atoms with Crippen LogP contribution in [-0.2, 0) is 19.2 Å². The molecule has 0 aromatic heterocycles. The molecule has 3 fully saturated rings. The maximum Gasteiger partial charge on any atom is 0.488 e. The maximum atomic E-state index is 14.5. The number of imide groups is 2. The molecular formula is C34H29BClFN2O8. The number of ether oxygens (including phenoxy) is 1. The number of allylic oxidation sites excluding steroid dienone is 2. The molecule has 0 spiro atoms. The molecule has 0 radical (unpaired) electrons. The highest BCUT2D eigenvalue weighted by Crippen LogP contribution is 2.64. The number of nitrogens with zero attached hydrogens (tertiary/aromatic N) is 2. The molecule has 13 heteroatoms. The lowest BCUT2D eigenvalue weighted by atomic mass is 9.51. The summed E-state index contributed by atoms with van der Waals surface area (Å²) >= 11 is 6.06. The number of phenolic OH excluding ortho intramolecular Hbond substituents is 1. The fourth-order valence-electron chi connectivity index (χ4n) is 8.25. The van der Waals surface area contributed by atoms with Crippen LogP contribution in [0, 0.1) is 34.9 Å². The number of hydrogen-bond acceptors (Lipinski definition) is 8. The van der Waals surface area contributed by atoms with Gasteiger partial charge >= 0.3 is 7.12 Å². The lowest BCUT2D eigenvalue weighted by Gasteiger charge is -2.49. The number of carbonyl (C=O) groups excluding carboxylic acids is 4. The maximum absolute atomic E-state index is 14.5. The van der Waals surface area contributed by atoms with Gasteiger partial charge < -0.3 is 19.9 Å². The van der Waals surface area contributed by atoms with Crippen molar-refractivity contribution in [1.29, 1.82) is 0 Å². The molecule has 47 heavy (non-hydrogen) atoms. The van der Waals surface area contributed by atoms with Crippen LogP contribution in [0.4, 0.5) is 15.8 Å². The van der Waals surface area contributed by atoms with E-state index >= 15 is 0 Å². The van der Waals surface area contributed by atoms with Gasteiger partial charge in [0.2, 0.25) is 23.6 Å². The first-order valence-corrected chi connectivity index (χ1v) is 15.5. The lowest BCUT2D eigenvalue weighted by molar-refractivity contribution is -0.131. The molecule has 0 bridgehead atoms. The Hall–Kier alpha value is -4.52. The minimum absolute atomic E-state index is 0.0730. The Balaban J connectivity index is 1.37. The van der Waals surface area contributed by atoms with Crippen molar-refractivity contribution < 1.29 is 43.5 Å². The van der Waals surface area contributed by atoms with Gasteiger partial charge in [-0.15, -0.1) is 0 Å². The van der Waals surface area contributed by atoms with Crippen LogP contribution in [0.5, 0.6) is 11.5 Å². The van der Waals surface area contributed by atoms with E-state index in [4.69, 9.17) is 16.3 Å². The molecule has 3 aromatic carbocycles. The summed E-state index contributed by atoms with van der Waals surface area (Å²) in [6.45, 7) is 1.70. The Morgan fingerprint density at radius 3 is 2.38 bits per heavy atom. The van der Waals surface area contributed by atoms with E-state index in [0.717, 1.165) is 15.9 Å². The van der Waals surface area contributed by atoms with E-state index in [1.807, 2.05) is 6.08 Å². The molecule has 4 aliphatic rings. The van der Waals surface area contributed by atoms with Gasteiger partial charge in [-0.05, 0) is 67.5 Å². The number of amides is 4. The van der Waals surface area contributed by atoms with E-state index in [0.29, 0.717) is 11.1 Å². The summed E-state index contributed by atoms with van der Waals surface area (Å²) in [6.07, 6.45) is 2.15. The van der Waals surface area contributed by atoms with Crippen molar-refractivity contribution in [3.05, 3.63) is 88.7 Å². The lowest BCUT2D eigenvalue weighted by Crippen LogP contribution is -2.49. The number of benzene rings is 3. The van der Waals surface area contributed by atoms with Crippen LogP contribution in [0.2, 0.25) is 5.02 Å². The van der Waals surface area contributed by atoms with Gasteiger partial charge in [-0.3, -0.25) is 24.1 Å². The fourth-order valence-corrected chi connectivity index (χ4v) is 8.42. The molecule has 240 valence electrons. The van der Waals surface area contributed by atoms with Gasteiger partial charge in [0.1, 0.15) is 17.3 Å². The third-order valence-electron chi connectivity index (χ3n) is 10.4. The average molecular weight is 659 g/mol. The number of carbonyl (C=O) groups is 4. The normalized spacial score (nSPS) is 28.2. The summed E-state index contributed by atoms with van der Waals surface area (Å²) in [5, 5.41) is 29.4. The Kier molecular flexibility index (Phi) is 7.30. The zero-order valence-electron chi connectivity index (χ0n) is 25.3. The van der Waals surface area contributed by atoms with Crippen LogP contribution >= 0.6 is 11.6 Å². The average Bonchev–Trinajstić information content (AvgIpc) is 3.42. The molecule has 6 atom stereocenters. The number of aromatic hydroxyl groups is 1. The molecule has 10 nitrogen and oxygen atoms in total. The van der Waals surface area contributed by atoms with E-state index in [9.17, 15) is 38.7 Å². The van der Waals surface area contributed by atoms with Gasteiger partial charge in [0, 0.05) is 17.5 Å². The number of hydrogen-bond donors (Lipinski definition) is 3. The molecule has 7 rings (SSSR count). The van der Waals surface area contributed by atoms with Crippen molar-refractivity contribution >= 4 is 59.2 Å². The zero-order chi connectivity index (χ0) is 33.5. The first-order chi connectivity index (χ1) is 22.4. The van der Waals surface area contributed by atoms with Crippen molar-refractivity contribution in [3.63, 3.8) is 0 Å². The molecule has 1 saturated carbocycles. The van der Waals surface area contributed by atoms with Crippen molar-refractivity contribution in [2.75, 3.05) is 16.9 Å². The van der Waals surface area contributed by atoms with E-state index in [2.05, 4.69) is 0 Å². The van der Waals surface area contributed by atoms with Crippen LogP contribution in [0.3, 0.4) is 0 Å². The molecule has 2 saturated heterocycles. The molecular weight excluding hydrogens is 630 g/mol. The smallest absolute Gasteiger partial charge is 0.488 e. The second-order valence-corrected chi connectivity index (χ2v) is 13.1.